The summed E-state index contributed by atoms with van der Waals surface area (Å²) >= 11 is 0. The Labute approximate surface area is 214 Å². The Morgan fingerprint density at radius 2 is 2.00 bits per heavy atom. The van der Waals surface area contributed by atoms with Gasteiger partial charge in [0, 0.05) is 44.5 Å². The van der Waals surface area contributed by atoms with Gasteiger partial charge in [-0.3, -0.25) is 0 Å². The van der Waals surface area contributed by atoms with Crippen molar-refractivity contribution in [1.29, 1.82) is 0 Å². The Morgan fingerprint density at radius 3 is 2.76 bits per heavy atom. The van der Waals surface area contributed by atoms with E-state index >= 15 is 0 Å². The second kappa shape index (κ2) is 15.1. The SMILES string of the molecule is CCNC(=NCc1cccnc1OCCOC)NCC1CCCOC1c1ccc(C)cc1.I. The second-order valence-electron chi connectivity index (χ2n) is 7.99. The number of aliphatic imine (C=N–C) groups is 1. The number of methoxy groups -OCH3 is 1. The number of nitrogens with one attached hydrogen (secondary N) is 2. The first-order valence-corrected chi connectivity index (χ1v) is 11.5. The number of aryl methyl sites for hydroxylation is 1. The summed E-state index contributed by atoms with van der Waals surface area (Å²) in [4.78, 5) is 9.11. The van der Waals surface area contributed by atoms with Gasteiger partial charge in [-0.05, 0) is 38.3 Å². The number of rotatable bonds is 10. The fourth-order valence-corrected chi connectivity index (χ4v) is 3.81. The van der Waals surface area contributed by atoms with E-state index in [-0.39, 0.29) is 30.1 Å². The minimum atomic E-state index is 0. The standard InChI is InChI=1S/C25H36N4O3.HI/c1-4-26-25(29-18-22-7-5-13-27-24(22)32-16-15-30-3)28-17-21-8-6-14-31-23(21)20-11-9-19(2)10-12-20;/h5,7,9-13,21,23H,4,6,8,14-18H2,1-3H3,(H2,26,28,29);1H. The summed E-state index contributed by atoms with van der Waals surface area (Å²) in [6.07, 6.45) is 4.05. The van der Waals surface area contributed by atoms with Gasteiger partial charge in [0.25, 0.3) is 0 Å². The van der Waals surface area contributed by atoms with Crippen LogP contribution in [0.4, 0.5) is 0 Å². The molecule has 182 valence electrons. The first-order chi connectivity index (χ1) is 15.7. The number of hydrogen-bond donors (Lipinski definition) is 2. The molecule has 0 bridgehead atoms. The Kier molecular flexibility index (Phi) is 12.5. The van der Waals surface area contributed by atoms with Crippen molar-refractivity contribution in [3.63, 3.8) is 0 Å². The van der Waals surface area contributed by atoms with E-state index in [0.29, 0.717) is 31.6 Å². The van der Waals surface area contributed by atoms with E-state index in [9.17, 15) is 0 Å². The zero-order valence-corrected chi connectivity index (χ0v) is 22.2. The van der Waals surface area contributed by atoms with Gasteiger partial charge in [0.2, 0.25) is 5.88 Å². The van der Waals surface area contributed by atoms with Crippen LogP contribution in [0.5, 0.6) is 5.88 Å². The van der Waals surface area contributed by atoms with E-state index in [2.05, 4.69) is 53.7 Å². The highest BCUT2D eigenvalue weighted by Gasteiger charge is 2.27. The molecule has 7 nitrogen and oxygen atoms in total. The molecule has 2 atom stereocenters. The average molecular weight is 569 g/mol. The molecule has 0 spiro atoms. The minimum Gasteiger partial charge on any atom is -0.475 e. The van der Waals surface area contributed by atoms with Crippen molar-refractivity contribution in [3.8, 4) is 5.88 Å². The summed E-state index contributed by atoms with van der Waals surface area (Å²) in [5.41, 5.74) is 3.46. The number of benzene rings is 1. The van der Waals surface area contributed by atoms with Gasteiger partial charge in [-0.25, -0.2) is 9.98 Å². The van der Waals surface area contributed by atoms with Crippen molar-refractivity contribution in [1.82, 2.24) is 15.6 Å². The van der Waals surface area contributed by atoms with E-state index in [1.807, 2.05) is 12.1 Å². The van der Waals surface area contributed by atoms with Gasteiger partial charge >= 0.3 is 0 Å². The Morgan fingerprint density at radius 1 is 1.18 bits per heavy atom. The third-order valence-electron chi connectivity index (χ3n) is 5.51. The number of hydrogen-bond acceptors (Lipinski definition) is 5. The number of nitrogens with zero attached hydrogens (tertiary/aromatic N) is 2. The molecule has 3 rings (SSSR count). The first kappa shape index (κ1) is 27.3. The zero-order chi connectivity index (χ0) is 22.6. The van der Waals surface area contributed by atoms with Crippen LogP contribution in [-0.4, -0.2) is 51.0 Å². The van der Waals surface area contributed by atoms with Gasteiger partial charge in [-0.1, -0.05) is 35.9 Å². The zero-order valence-electron chi connectivity index (χ0n) is 19.9. The molecule has 1 aromatic carbocycles. The first-order valence-electron chi connectivity index (χ1n) is 11.5. The van der Waals surface area contributed by atoms with Crippen LogP contribution >= 0.6 is 24.0 Å². The number of aromatic nitrogens is 1. The lowest BCUT2D eigenvalue weighted by atomic mass is 9.89. The second-order valence-corrected chi connectivity index (χ2v) is 7.99. The van der Waals surface area contributed by atoms with Crippen molar-refractivity contribution in [3.05, 3.63) is 59.3 Å². The van der Waals surface area contributed by atoms with Gasteiger partial charge in [0.05, 0.1) is 19.3 Å². The molecule has 0 saturated carbocycles. The maximum absolute atomic E-state index is 6.17. The molecule has 0 radical (unpaired) electrons. The van der Waals surface area contributed by atoms with Crippen LogP contribution in [0.25, 0.3) is 0 Å². The smallest absolute Gasteiger partial charge is 0.218 e. The molecule has 2 N–H and O–H groups in total. The molecule has 2 aromatic rings. The van der Waals surface area contributed by atoms with Gasteiger partial charge in [-0.15, -0.1) is 24.0 Å². The van der Waals surface area contributed by atoms with Crippen LogP contribution in [0.2, 0.25) is 0 Å². The summed E-state index contributed by atoms with van der Waals surface area (Å²) in [6.45, 7) is 8.05. The Balaban J connectivity index is 0.00000385. The topological polar surface area (TPSA) is 77.0 Å². The van der Waals surface area contributed by atoms with E-state index in [0.717, 1.165) is 44.1 Å². The molecular weight excluding hydrogens is 531 g/mol. The highest BCUT2D eigenvalue weighted by atomic mass is 127. The predicted octanol–water partition coefficient (Wildman–Crippen LogP) is 4.26. The molecular formula is C25H37IN4O3. The third kappa shape index (κ3) is 8.75. The highest BCUT2D eigenvalue weighted by molar-refractivity contribution is 14.0. The molecule has 2 heterocycles. The fourth-order valence-electron chi connectivity index (χ4n) is 3.81. The van der Waals surface area contributed by atoms with Crippen LogP contribution in [0.15, 0.2) is 47.6 Å². The summed E-state index contributed by atoms with van der Waals surface area (Å²) in [7, 11) is 1.65. The lowest BCUT2D eigenvalue weighted by Crippen LogP contribution is -2.42. The molecule has 1 fully saturated rings. The van der Waals surface area contributed by atoms with Crippen molar-refractivity contribution in [2.24, 2.45) is 10.9 Å². The summed E-state index contributed by atoms with van der Waals surface area (Å²) in [6, 6.07) is 12.6. The van der Waals surface area contributed by atoms with Crippen LogP contribution in [0, 0.1) is 12.8 Å². The molecule has 1 aromatic heterocycles. The largest absolute Gasteiger partial charge is 0.475 e. The molecule has 8 heteroatoms. The summed E-state index contributed by atoms with van der Waals surface area (Å²) < 4.78 is 17.0. The Hall–Kier alpha value is -1.91. The highest BCUT2D eigenvalue weighted by Crippen LogP contribution is 2.33. The lowest BCUT2D eigenvalue weighted by molar-refractivity contribution is -0.0265. The Bertz CT molecular complexity index is 848. The molecule has 0 aliphatic carbocycles. The quantitative estimate of drug-likeness (QED) is 0.193. The van der Waals surface area contributed by atoms with Crippen molar-refractivity contribution < 1.29 is 14.2 Å². The maximum Gasteiger partial charge on any atom is 0.218 e. The van der Waals surface area contributed by atoms with Crippen molar-refractivity contribution in [2.45, 2.75) is 39.3 Å². The van der Waals surface area contributed by atoms with Crippen LogP contribution in [-0.2, 0) is 16.0 Å². The molecule has 1 aliphatic heterocycles. The van der Waals surface area contributed by atoms with Crippen LogP contribution < -0.4 is 15.4 Å². The van der Waals surface area contributed by atoms with Gasteiger partial charge < -0.3 is 24.8 Å². The number of halogens is 1. The molecule has 1 saturated heterocycles. The maximum atomic E-state index is 6.17. The fraction of sp³-hybridized carbons (Fsp3) is 0.520. The van der Waals surface area contributed by atoms with Gasteiger partial charge in [0.1, 0.15) is 6.61 Å². The normalized spacial score (nSPS) is 18.3. The molecule has 2 unspecified atom stereocenters. The summed E-state index contributed by atoms with van der Waals surface area (Å²) in [5.74, 6) is 1.78. The van der Waals surface area contributed by atoms with E-state index < -0.39 is 0 Å². The predicted molar refractivity (Wildman–Crippen MR) is 142 cm³/mol. The summed E-state index contributed by atoms with van der Waals surface area (Å²) in [5, 5.41) is 6.86. The number of ether oxygens (including phenoxy) is 3. The van der Waals surface area contributed by atoms with Gasteiger partial charge in [0.15, 0.2) is 5.96 Å². The van der Waals surface area contributed by atoms with Gasteiger partial charge in [-0.2, -0.15) is 0 Å². The molecule has 1 aliphatic rings. The van der Waals surface area contributed by atoms with E-state index in [1.54, 1.807) is 13.3 Å². The number of pyridine rings is 1. The van der Waals surface area contributed by atoms with Crippen LogP contribution in [0.1, 0.15) is 42.6 Å². The van der Waals surface area contributed by atoms with Crippen LogP contribution in [0.3, 0.4) is 0 Å². The monoisotopic (exact) mass is 568 g/mol. The van der Waals surface area contributed by atoms with E-state index in [4.69, 9.17) is 19.2 Å². The van der Waals surface area contributed by atoms with E-state index in [1.165, 1.54) is 11.1 Å². The number of guanidine groups is 1. The van der Waals surface area contributed by atoms with Crippen molar-refractivity contribution in [2.75, 3.05) is 40.0 Å². The third-order valence-corrected chi connectivity index (χ3v) is 5.51. The minimum absolute atomic E-state index is 0. The van der Waals surface area contributed by atoms with Crippen molar-refractivity contribution >= 4 is 29.9 Å². The average Bonchev–Trinajstić information content (AvgIpc) is 2.82. The molecule has 33 heavy (non-hydrogen) atoms. The molecule has 0 amide bonds. The lowest BCUT2D eigenvalue weighted by Gasteiger charge is -2.32.